The molecule has 3 nitrogen and oxygen atoms in total. The van der Waals surface area contributed by atoms with Crippen molar-refractivity contribution >= 4 is 0 Å². The summed E-state index contributed by atoms with van der Waals surface area (Å²) in [5.74, 6) is -0.458. The molecule has 80 valence electrons. The molecule has 0 aromatic rings. The first-order valence-corrected chi connectivity index (χ1v) is 5.68. The molecular formula is C11H18O3. The Kier molecular flexibility index (Phi) is 1.92. The van der Waals surface area contributed by atoms with E-state index >= 15 is 0 Å². The molecule has 0 radical (unpaired) electrons. The molecule has 3 heteroatoms. The van der Waals surface area contributed by atoms with Gasteiger partial charge in [0.1, 0.15) is 18.3 Å². The van der Waals surface area contributed by atoms with Crippen LogP contribution in [-0.2, 0) is 14.2 Å². The fraction of sp³-hybridized carbons (Fsp3) is 1.00. The van der Waals surface area contributed by atoms with Crippen molar-refractivity contribution in [2.24, 2.45) is 0 Å². The van der Waals surface area contributed by atoms with Crippen LogP contribution in [-0.4, -0.2) is 30.7 Å². The molecule has 2 bridgehead atoms. The van der Waals surface area contributed by atoms with Crippen LogP contribution in [0.15, 0.2) is 0 Å². The maximum Gasteiger partial charge on any atom is 0.190 e. The molecule has 0 aromatic heterocycles. The zero-order chi connectivity index (χ0) is 9.65. The van der Waals surface area contributed by atoms with Gasteiger partial charge in [-0.2, -0.15) is 0 Å². The molecule has 1 spiro atoms. The topological polar surface area (TPSA) is 27.7 Å². The van der Waals surface area contributed by atoms with Crippen LogP contribution >= 0.6 is 0 Å². The lowest BCUT2D eigenvalue weighted by molar-refractivity contribution is -0.232. The van der Waals surface area contributed by atoms with Gasteiger partial charge < -0.3 is 14.2 Å². The zero-order valence-corrected chi connectivity index (χ0v) is 8.75. The molecule has 14 heavy (non-hydrogen) atoms. The summed E-state index contributed by atoms with van der Waals surface area (Å²) in [5, 5.41) is 0. The lowest BCUT2D eigenvalue weighted by Gasteiger charge is -2.35. The molecule has 3 rings (SSSR count). The number of hydrogen-bond donors (Lipinski definition) is 0. The summed E-state index contributed by atoms with van der Waals surface area (Å²) in [7, 11) is 0. The lowest BCUT2D eigenvalue weighted by Crippen LogP contribution is -2.44. The van der Waals surface area contributed by atoms with Gasteiger partial charge in [0, 0.05) is 0 Å². The second-order valence-electron chi connectivity index (χ2n) is 4.98. The van der Waals surface area contributed by atoms with Crippen LogP contribution < -0.4 is 0 Å². The van der Waals surface area contributed by atoms with E-state index in [1.54, 1.807) is 0 Å². The lowest BCUT2D eigenvalue weighted by atomic mass is 9.81. The molecule has 2 atom stereocenters. The first-order valence-electron chi connectivity index (χ1n) is 5.68. The maximum atomic E-state index is 6.15. The van der Waals surface area contributed by atoms with E-state index in [1.165, 1.54) is 19.3 Å². The Morgan fingerprint density at radius 3 is 2.64 bits per heavy atom. The van der Waals surface area contributed by atoms with E-state index in [0.29, 0.717) is 6.61 Å². The highest BCUT2D eigenvalue weighted by Crippen LogP contribution is 2.47. The average Bonchev–Trinajstić information content (AvgIpc) is 2.35. The molecule has 2 saturated heterocycles. The van der Waals surface area contributed by atoms with Crippen LogP contribution in [0.5, 0.6) is 0 Å². The van der Waals surface area contributed by atoms with Gasteiger partial charge in [0.2, 0.25) is 0 Å². The molecule has 1 aliphatic carbocycles. The summed E-state index contributed by atoms with van der Waals surface area (Å²) in [6.45, 7) is 3.31. The highest BCUT2D eigenvalue weighted by Gasteiger charge is 2.57. The molecule has 2 aliphatic heterocycles. The Morgan fingerprint density at radius 2 is 1.93 bits per heavy atom. The van der Waals surface area contributed by atoms with E-state index in [-0.39, 0.29) is 11.7 Å². The molecule has 0 N–H and O–H groups in total. The summed E-state index contributed by atoms with van der Waals surface area (Å²) < 4.78 is 17.6. The molecule has 2 heterocycles. The third kappa shape index (κ3) is 1.23. The van der Waals surface area contributed by atoms with E-state index in [9.17, 15) is 0 Å². The Labute approximate surface area is 84.7 Å². The smallest absolute Gasteiger partial charge is 0.190 e. The molecule has 0 unspecified atom stereocenters. The predicted molar refractivity (Wildman–Crippen MR) is 51.0 cm³/mol. The minimum atomic E-state index is -0.458. The van der Waals surface area contributed by atoms with E-state index in [1.807, 2.05) is 6.92 Å². The number of fused-ring (bicyclic) bond motifs is 3. The predicted octanol–water partition coefficient (Wildman–Crippen LogP) is 1.85. The SMILES string of the molecule is C[C@]12COC[C@H](O1)C1(CCCCC1)O2. The van der Waals surface area contributed by atoms with Crippen molar-refractivity contribution in [3.8, 4) is 0 Å². The van der Waals surface area contributed by atoms with E-state index in [0.717, 1.165) is 19.4 Å². The van der Waals surface area contributed by atoms with Gasteiger partial charge in [-0.3, -0.25) is 0 Å². The van der Waals surface area contributed by atoms with Crippen molar-refractivity contribution in [3.63, 3.8) is 0 Å². The maximum absolute atomic E-state index is 6.15. The van der Waals surface area contributed by atoms with Crippen molar-refractivity contribution < 1.29 is 14.2 Å². The van der Waals surface area contributed by atoms with Gasteiger partial charge in [0.25, 0.3) is 0 Å². The van der Waals surface area contributed by atoms with E-state index < -0.39 is 5.79 Å². The second-order valence-corrected chi connectivity index (χ2v) is 4.98. The van der Waals surface area contributed by atoms with Crippen LogP contribution in [0.3, 0.4) is 0 Å². The summed E-state index contributed by atoms with van der Waals surface area (Å²) in [5.41, 5.74) is -0.0104. The Bertz CT molecular complexity index is 235. The minimum absolute atomic E-state index is 0.0104. The summed E-state index contributed by atoms with van der Waals surface area (Å²) in [4.78, 5) is 0. The monoisotopic (exact) mass is 198 g/mol. The first kappa shape index (κ1) is 9.13. The molecule has 0 amide bonds. The number of rotatable bonds is 0. The van der Waals surface area contributed by atoms with E-state index in [4.69, 9.17) is 14.2 Å². The fourth-order valence-electron chi connectivity index (χ4n) is 3.10. The molecule has 3 aliphatic rings. The van der Waals surface area contributed by atoms with Gasteiger partial charge in [-0.15, -0.1) is 0 Å². The van der Waals surface area contributed by atoms with Gasteiger partial charge >= 0.3 is 0 Å². The van der Waals surface area contributed by atoms with Crippen LogP contribution in [0.25, 0.3) is 0 Å². The summed E-state index contributed by atoms with van der Waals surface area (Å²) in [6.07, 6.45) is 6.37. The molecule has 3 fully saturated rings. The summed E-state index contributed by atoms with van der Waals surface area (Å²) >= 11 is 0. The normalized spacial score (nSPS) is 45.6. The second kappa shape index (κ2) is 2.94. The van der Waals surface area contributed by atoms with E-state index in [2.05, 4.69) is 0 Å². The third-order valence-corrected chi connectivity index (χ3v) is 3.73. The van der Waals surface area contributed by atoms with Crippen LogP contribution in [0.1, 0.15) is 39.0 Å². The van der Waals surface area contributed by atoms with Crippen molar-refractivity contribution in [3.05, 3.63) is 0 Å². The Hall–Kier alpha value is -0.120. The van der Waals surface area contributed by atoms with Crippen molar-refractivity contribution in [1.82, 2.24) is 0 Å². The summed E-state index contributed by atoms with van der Waals surface area (Å²) in [6, 6.07) is 0. The average molecular weight is 198 g/mol. The van der Waals surface area contributed by atoms with Crippen LogP contribution in [0.4, 0.5) is 0 Å². The Morgan fingerprint density at radius 1 is 1.14 bits per heavy atom. The van der Waals surface area contributed by atoms with Crippen LogP contribution in [0.2, 0.25) is 0 Å². The molecular weight excluding hydrogens is 180 g/mol. The highest BCUT2D eigenvalue weighted by molar-refractivity contribution is 5.00. The largest absolute Gasteiger partial charge is 0.373 e. The molecule has 1 saturated carbocycles. The van der Waals surface area contributed by atoms with Crippen molar-refractivity contribution in [1.29, 1.82) is 0 Å². The van der Waals surface area contributed by atoms with Gasteiger partial charge in [0.15, 0.2) is 5.79 Å². The number of hydrogen-bond acceptors (Lipinski definition) is 3. The zero-order valence-electron chi connectivity index (χ0n) is 8.75. The van der Waals surface area contributed by atoms with Crippen molar-refractivity contribution in [2.75, 3.05) is 13.2 Å². The van der Waals surface area contributed by atoms with Gasteiger partial charge in [0.05, 0.1) is 6.61 Å². The Balaban J connectivity index is 1.86. The van der Waals surface area contributed by atoms with Gasteiger partial charge in [-0.25, -0.2) is 0 Å². The standard InChI is InChI=1S/C11H18O3/c1-10-8-12-7-9(13-10)11(14-10)5-3-2-4-6-11/h9H,2-8H2,1H3/t9-,10-/m0/s1. The highest BCUT2D eigenvalue weighted by atomic mass is 16.8. The van der Waals surface area contributed by atoms with Gasteiger partial charge in [-0.1, -0.05) is 19.3 Å². The first-order chi connectivity index (χ1) is 6.73. The van der Waals surface area contributed by atoms with Gasteiger partial charge in [-0.05, 0) is 19.8 Å². The van der Waals surface area contributed by atoms with Crippen molar-refractivity contribution in [2.45, 2.75) is 56.5 Å². The minimum Gasteiger partial charge on any atom is -0.373 e. The third-order valence-electron chi connectivity index (χ3n) is 3.73. The quantitative estimate of drug-likeness (QED) is 0.594. The number of ether oxygens (including phenoxy) is 3. The fourth-order valence-corrected chi connectivity index (χ4v) is 3.10. The van der Waals surface area contributed by atoms with Crippen LogP contribution in [0, 0.1) is 0 Å². The molecule has 0 aromatic carbocycles.